The molecule has 0 radical (unpaired) electrons. The van der Waals surface area contributed by atoms with Crippen molar-refractivity contribution in [1.29, 1.82) is 0 Å². The number of piperidine rings is 1. The lowest BCUT2D eigenvalue weighted by Gasteiger charge is -2.24. The third-order valence-electron chi connectivity index (χ3n) is 2.37. The molecule has 72 valence electrons. The molecule has 1 aromatic heterocycles. The van der Waals surface area contributed by atoms with Crippen molar-refractivity contribution in [1.82, 2.24) is 5.32 Å². The Kier molecular flexibility index (Phi) is 2.69. The van der Waals surface area contributed by atoms with Crippen LogP contribution in [0.3, 0.4) is 0 Å². The number of nitrogens with one attached hydrogen (secondary N) is 1. The van der Waals surface area contributed by atoms with Crippen LogP contribution in [-0.4, -0.2) is 19.3 Å². The molecular formula is C9H11BrFNO. The summed E-state index contributed by atoms with van der Waals surface area (Å²) in [6.45, 7) is 1.30. The van der Waals surface area contributed by atoms with E-state index in [1.807, 2.05) is 12.1 Å². The highest BCUT2D eigenvalue weighted by atomic mass is 79.9. The van der Waals surface area contributed by atoms with Gasteiger partial charge in [0.05, 0.1) is 5.92 Å². The van der Waals surface area contributed by atoms with E-state index in [9.17, 15) is 4.39 Å². The number of halogens is 2. The zero-order chi connectivity index (χ0) is 9.26. The maximum atomic E-state index is 13.4. The lowest BCUT2D eigenvalue weighted by atomic mass is 9.94. The zero-order valence-corrected chi connectivity index (χ0v) is 8.68. The standard InChI is InChI=1S/C9H11BrFNO/c10-9-2-1-8(13-9)6-3-4-12-5-7(6)11/h1-2,6-7,12H,3-5H2. The van der Waals surface area contributed by atoms with Gasteiger partial charge in [0.1, 0.15) is 11.9 Å². The van der Waals surface area contributed by atoms with Gasteiger partial charge in [-0.2, -0.15) is 0 Å². The van der Waals surface area contributed by atoms with Crippen molar-refractivity contribution in [2.24, 2.45) is 0 Å². The van der Waals surface area contributed by atoms with Crippen LogP contribution in [0, 0.1) is 0 Å². The van der Waals surface area contributed by atoms with Crippen LogP contribution in [0.15, 0.2) is 21.2 Å². The average Bonchev–Trinajstić information content (AvgIpc) is 2.53. The lowest BCUT2D eigenvalue weighted by Crippen LogP contribution is -2.36. The maximum absolute atomic E-state index is 13.4. The summed E-state index contributed by atoms with van der Waals surface area (Å²) in [5.41, 5.74) is 0. The van der Waals surface area contributed by atoms with Crippen LogP contribution in [0.2, 0.25) is 0 Å². The summed E-state index contributed by atoms with van der Waals surface area (Å²) >= 11 is 3.21. The van der Waals surface area contributed by atoms with E-state index >= 15 is 0 Å². The molecule has 0 bridgehead atoms. The van der Waals surface area contributed by atoms with Gasteiger partial charge in [-0.25, -0.2) is 4.39 Å². The highest BCUT2D eigenvalue weighted by molar-refractivity contribution is 9.10. The van der Waals surface area contributed by atoms with Crippen LogP contribution in [0.4, 0.5) is 4.39 Å². The van der Waals surface area contributed by atoms with Crippen molar-refractivity contribution in [3.8, 4) is 0 Å². The van der Waals surface area contributed by atoms with Gasteiger partial charge in [0.25, 0.3) is 0 Å². The van der Waals surface area contributed by atoms with E-state index in [1.54, 1.807) is 0 Å². The Balaban J connectivity index is 2.14. The molecule has 1 fully saturated rings. The van der Waals surface area contributed by atoms with Gasteiger partial charge in [-0.15, -0.1) is 0 Å². The Hall–Kier alpha value is -0.350. The third kappa shape index (κ3) is 1.94. The molecule has 2 rings (SSSR count). The van der Waals surface area contributed by atoms with E-state index in [-0.39, 0.29) is 5.92 Å². The number of furan rings is 1. The normalized spacial score (nSPS) is 29.1. The van der Waals surface area contributed by atoms with Gasteiger partial charge in [-0.3, -0.25) is 0 Å². The van der Waals surface area contributed by atoms with Crippen LogP contribution >= 0.6 is 15.9 Å². The molecule has 1 N–H and O–H groups in total. The molecule has 1 aliphatic heterocycles. The highest BCUT2D eigenvalue weighted by Gasteiger charge is 2.28. The van der Waals surface area contributed by atoms with Gasteiger partial charge in [-0.05, 0) is 41.0 Å². The average molecular weight is 248 g/mol. The Labute approximate surface area is 84.6 Å². The molecule has 2 unspecified atom stereocenters. The molecule has 0 saturated carbocycles. The van der Waals surface area contributed by atoms with Crippen molar-refractivity contribution >= 4 is 15.9 Å². The number of rotatable bonds is 1. The van der Waals surface area contributed by atoms with Crippen molar-refractivity contribution in [3.05, 3.63) is 22.6 Å². The summed E-state index contributed by atoms with van der Waals surface area (Å²) in [7, 11) is 0. The van der Waals surface area contributed by atoms with Gasteiger partial charge in [-0.1, -0.05) is 0 Å². The SMILES string of the molecule is FC1CNCCC1c1ccc(Br)o1. The quantitative estimate of drug-likeness (QED) is 0.825. The van der Waals surface area contributed by atoms with Gasteiger partial charge < -0.3 is 9.73 Å². The molecule has 13 heavy (non-hydrogen) atoms. The van der Waals surface area contributed by atoms with E-state index in [1.165, 1.54) is 0 Å². The molecule has 0 aliphatic carbocycles. The molecule has 1 aromatic rings. The molecule has 0 amide bonds. The van der Waals surface area contributed by atoms with Gasteiger partial charge in [0.15, 0.2) is 4.67 Å². The van der Waals surface area contributed by atoms with E-state index in [4.69, 9.17) is 4.42 Å². The second-order valence-electron chi connectivity index (χ2n) is 3.26. The fourth-order valence-electron chi connectivity index (χ4n) is 1.67. The second-order valence-corrected chi connectivity index (χ2v) is 4.04. The first kappa shape index (κ1) is 9.21. The minimum atomic E-state index is -0.827. The largest absolute Gasteiger partial charge is 0.454 e. The number of hydrogen-bond acceptors (Lipinski definition) is 2. The Bertz CT molecular complexity index is 289. The second kappa shape index (κ2) is 3.80. The monoisotopic (exact) mass is 247 g/mol. The summed E-state index contributed by atoms with van der Waals surface area (Å²) in [4.78, 5) is 0. The van der Waals surface area contributed by atoms with Crippen LogP contribution < -0.4 is 5.32 Å². The molecule has 2 heterocycles. The smallest absolute Gasteiger partial charge is 0.169 e. The van der Waals surface area contributed by atoms with Gasteiger partial charge in [0, 0.05) is 6.54 Å². The fourth-order valence-corrected chi connectivity index (χ4v) is 1.99. The Morgan fingerprint density at radius 1 is 1.54 bits per heavy atom. The van der Waals surface area contributed by atoms with E-state index < -0.39 is 6.17 Å². The molecule has 1 aliphatic rings. The first-order valence-corrected chi connectivity index (χ1v) is 5.16. The molecule has 1 saturated heterocycles. The summed E-state index contributed by atoms with van der Waals surface area (Å²) in [5.74, 6) is 0.674. The van der Waals surface area contributed by atoms with Crippen molar-refractivity contribution in [2.75, 3.05) is 13.1 Å². The Morgan fingerprint density at radius 2 is 2.38 bits per heavy atom. The molecule has 0 aromatic carbocycles. The van der Waals surface area contributed by atoms with Crippen molar-refractivity contribution < 1.29 is 8.81 Å². The predicted octanol–water partition coefficient (Wildman–Crippen LogP) is 2.46. The van der Waals surface area contributed by atoms with Crippen LogP contribution in [0.25, 0.3) is 0 Å². The number of hydrogen-bond donors (Lipinski definition) is 1. The van der Waals surface area contributed by atoms with Crippen molar-refractivity contribution in [2.45, 2.75) is 18.5 Å². The van der Waals surface area contributed by atoms with E-state index in [0.29, 0.717) is 11.2 Å². The lowest BCUT2D eigenvalue weighted by molar-refractivity contribution is 0.210. The fraction of sp³-hybridized carbons (Fsp3) is 0.556. The maximum Gasteiger partial charge on any atom is 0.169 e. The van der Waals surface area contributed by atoms with Crippen LogP contribution in [0.5, 0.6) is 0 Å². The van der Waals surface area contributed by atoms with Crippen LogP contribution in [-0.2, 0) is 0 Å². The molecule has 2 nitrogen and oxygen atoms in total. The predicted molar refractivity (Wildman–Crippen MR) is 51.5 cm³/mol. The van der Waals surface area contributed by atoms with E-state index in [2.05, 4.69) is 21.2 Å². The molecule has 0 spiro atoms. The topological polar surface area (TPSA) is 25.2 Å². The summed E-state index contributed by atoms with van der Waals surface area (Å²) in [5, 5.41) is 3.01. The van der Waals surface area contributed by atoms with Gasteiger partial charge >= 0.3 is 0 Å². The number of alkyl halides is 1. The highest BCUT2D eigenvalue weighted by Crippen LogP contribution is 2.30. The minimum absolute atomic E-state index is 0.0763. The first-order valence-electron chi connectivity index (χ1n) is 4.37. The minimum Gasteiger partial charge on any atom is -0.454 e. The van der Waals surface area contributed by atoms with Gasteiger partial charge in [0.2, 0.25) is 0 Å². The third-order valence-corrected chi connectivity index (χ3v) is 2.79. The molecule has 2 atom stereocenters. The van der Waals surface area contributed by atoms with Crippen LogP contribution in [0.1, 0.15) is 18.1 Å². The first-order chi connectivity index (χ1) is 6.27. The summed E-state index contributed by atoms with van der Waals surface area (Å²) in [6, 6.07) is 3.65. The zero-order valence-electron chi connectivity index (χ0n) is 7.09. The summed E-state index contributed by atoms with van der Waals surface area (Å²) in [6.07, 6.45) is -0.0204. The van der Waals surface area contributed by atoms with Crippen molar-refractivity contribution in [3.63, 3.8) is 0 Å². The van der Waals surface area contributed by atoms with E-state index in [0.717, 1.165) is 18.7 Å². The summed E-state index contributed by atoms with van der Waals surface area (Å²) < 4.78 is 19.4. The Morgan fingerprint density at radius 3 is 3.00 bits per heavy atom. The molecule has 4 heteroatoms. The molecular weight excluding hydrogens is 237 g/mol.